The summed E-state index contributed by atoms with van der Waals surface area (Å²) >= 11 is 0. The molecule has 6 nitrogen and oxygen atoms in total. The Morgan fingerprint density at radius 1 is 0.380 bits per heavy atom. The summed E-state index contributed by atoms with van der Waals surface area (Å²) in [7, 11) is 0. The number of fused-ring (bicyclic) bond motifs is 3. The lowest BCUT2D eigenvalue weighted by molar-refractivity contribution is -0.142. The van der Waals surface area contributed by atoms with Crippen molar-refractivity contribution in [3.8, 4) is 90.7 Å². The van der Waals surface area contributed by atoms with Gasteiger partial charge in [-0.3, -0.25) is 0 Å². The summed E-state index contributed by atoms with van der Waals surface area (Å²) in [5.41, 5.74) is 4.44. The second kappa shape index (κ2) is 17.7. The van der Waals surface area contributed by atoms with Gasteiger partial charge >= 0.3 is 12.4 Å². The number of para-hydroxylation sites is 1. The molecule has 8 aromatic carbocycles. The molecule has 11 rings (SSSR count). The van der Waals surface area contributed by atoms with Gasteiger partial charge in [0, 0.05) is 44.2 Å². The quantitative estimate of drug-likeness (QED) is 0.142. The van der Waals surface area contributed by atoms with Gasteiger partial charge < -0.3 is 4.57 Å². The van der Waals surface area contributed by atoms with Crippen LogP contribution in [0.3, 0.4) is 0 Å². The fraction of sp³-hybridized carbons (Fsp3) is 0.0339. The number of hydrogen-bond acceptors (Lipinski definition) is 5. The van der Waals surface area contributed by atoms with Gasteiger partial charge in [0.05, 0.1) is 62.3 Å². The molecule has 71 heavy (non-hydrogen) atoms. The molecule has 0 unspecified atom stereocenters. The highest BCUT2D eigenvalue weighted by molar-refractivity contribution is 6.11. The van der Waals surface area contributed by atoms with Crippen molar-refractivity contribution in [3.63, 3.8) is 0 Å². The van der Waals surface area contributed by atoms with E-state index in [9.17, 15) is 31.6 Å². The third-order valence-electron chi connectivity index (χ3n) is 12.3. The first-order valence-corrected chi connectivity index (χ1v) is 22.3. The zero-order chi connectivity index (χ0) is 48.9. The second-order valence-electron chi connectivity index (χ2n) is 16.8. The minimum Gasteiger partial charge on any atom is -0.308 e. The number of hydrogen-bond donors (Lipinski definition) is 0. The van der Waals surface area contributed by atoms with E-state index in [1.54, 1.807) is 24.3 Å². The van der Waals surface area contributed by atoms with Gasteiger partial charge in [-0.25, -0.2) is 19.9 Å². The van der Waals surface area contributed by atoms with E-state index >= 15 is 0 Å². The van der Waals surface area contributed by atoms with E-state index in [0.717, 1.165) is 33.7 Å². The Bertz CT molecular complexity index is 3580. The number of halogens is 6. The fourth-order valence-corrected chi connectivity index (χ4v) is 9.03. The lowest BCUT2D eigenvalue weighted by Crippen LogP contribution is -2.12. The molecule has 0 spiro atoms. The number of nitrogens with zero attached hydrogens (tertiary/aromatic N) is 6. The minimum atomic E-state index is -5.13. The molecule has 0 aliphatic rings. The summed E-state index contributed by atoms with van der Waals surface area (Å²) in [5.74, 6) is 0.783. The van der Waals surface area contributed by atoms with Crippen molar-refractivity contribution in [2.45, 2.75) is 12.4 Å². The Morgan fingerprint density at radius 2 is 0.845 bits per heavy atom. The molecule has 11 aromatic rings. The Labute approximate surface area is 402 Å². The number of aromatic nitrogens is 5. The lowest BCUT2D eigenvalue weighted by Gasteiger charge is -2.21. The average molecular weight is 941 g/mol. The molecule has 0 bridgehead atoms. The molecular formula is C59H34F6N6. The molecule has 0 amide bonds. The highest BCUT2D eigenvalue weighted by Gasteiger charge is 2.38. The number of rotatable bonds is 8. The summed E-state index contributed by atoms with van der Waals surface area (Å²) in [6.07, 6.45) is -10.1. The first kappa shape index (κ1) is 44.3. The van der Waals surface area contributed by atoms with E-state index in [2.05, 4.69) is 6.07 Å². The maximum atomic E-state index is 14.9. The Hall–Kier alpha value is -9.21. The van der Waals surface area contributed by atoms with Gasteiger partial charge in [-0.1, -0.05) is 158 Å². The third kappa shape index (κ3) is 8.44. The van der Waals surface area contributed by atoms with Crippen LogP contribution in [0.1, 0.15) is 16.7 Å². The normalized spacial score (nSPS) is 11.8. The van der Waals surface area contributed by atoms with Gasteiger partial charge in [-0.15, -0.1) is 0 Å². The SMILES string of the molecule is N#Cc1cc(-c2cc(-c3ccccc3)nc(-c3ccccc3)n2)c(-n2c3ccccc3c3ccc(-c4ccc(C(F)(F)F)cc4C(F)(F)F)cc32)c(-c2cc(-c3ccccc3)nc(-c3ccccc3)n2)c1. The molecule has 0 aliphatic carbocycles. The maximum Gasteiger partial charge on any atom is 0.417 e. The largest absolute Gasteiger partial charge is 0.417 e. The van der Waals surface area contributed by atoms with Crippen molar-refractivity contribution >= 4 is 21.8 Å². The molecule has 0 saturated heterocycles. The molecule has 0 aliphatic heterocycles. The van der Waals surface area contributed by atoms with Crippen LogP contribution in [-0.2, 0) is 12.4 Å². The van der Waals surface area contributed by atoms with Crippen LogP contribution in [0, 0.1) is 11.3 Å². The molecule has 0 N–H and O–H groups in total. The van der Waals surface area contributed by atoms with Gasteiger partial charge in [0.2, 0.25) is 0 Å². The molecule has 0 saturated carbocycles. The van der Waals surface area contributed by atoms with Gasteiger partial charge in [0.1, 0.15) is 0 Å². The van der Waals surface area contributed by atoms with Gasteiger partial charge in [-0.05, 0) is 59.7 Å². The number of nitriles is 1. The average Bonchev–Trinajstić information content (AvgIpc) is 3.73. The van der Waals surface area contributed by atoms with Crippen molar-refractivity contribution < 1.29 is 26.3 Å². The summed E-state index contributed by atoms with van der Waals surface area (Å²) in [6.45, 7) is 0. The molecule has 0 fully saturated rings. The van der Waals surface area contributed by atoms with Crippen LogP contribution in [-0.4, -0.2) is 24.5 Å². The van der Waals surface area contributed by atoms with Gasteiger partial charge in [0.15, 0.2) is 11.6 Å². The molecule has 0 atom stereocenters. The molecule has 342 valence electrons. The minimum absolute atomic E-state index is 0.0267. The number of alkyl halides is 6. The van der Waals surface area contributed by atoms with Crippen LogP contribution in [0.25, 0.3) is 106 Å². The Balaban J connectivity index is 1.29. The molecule has 0 radical (unpaired) electrons. The van der Waals surface area contributed by atoms with Crippen LogP contribution < -0.4 is 0 Å². The molecular weight excluding hydrogens is 907 g/mol. The summed E-state index contributed by atoms with van der Waals surface area (Å²) in [5, 5.41) is 12.3. The van der Waals surface area contributed by atoms with Crippen LogP contribution in [0.15, 0.2) is 206 Å². The molecule has 3 heterocycles. The van der Waals surface area contributed by atoms with Crippen molar-refractivity contribution in [1.82, 2.24) is 24.5 Å². The van der Waals surface area contributed by atoms with Crippen molar-refractivity contribution in [3.05, 3.63) is 223 Å². The van der Waals surface area contributed by atoms with Crippen LogP contribution in [0.5, 0.6) is 0 Å². The van der Waals surface area contributed by atoms with E-state index in [-0.39, 0.29) is 17.2 Å². The first-order valence-electron chi connectivity index (χ1n) is 22.3. The predicted molar refractivity (Wildman–Crippen MR) is 265 cm³/mol. The summed E-state index contributed by atoms with van der Waals surface area (Å²) < 4.78 is 88.4. The maximum absolute atomic E-state index is 14.9. The molecule has 3 aromatic heterocycles. The van der Waals surface area contributed by atoms with Crippen molar-refractivity contribution in [2.24, 2.45) is 0 Å². The topological polar surface area (TPSA) is 80.3 Å². The third-order valence-corrected chi connectivity index (χ3v) is 12.3. The Kier molecular flexibility index (Phi) is 11.0. The monoisotopic (exact) mass is 940 g/mol. The second-order valence-corrected chi connectivity index (χ2v) is 16.8. The van der Waals surface area contributed by atoms with Crippen LogP contribution in [0.4, 0.5) is 26.3 Å². The fourth-order valence-electron chi connectivity index (χ4n) is 9.03. The van der Waals surface area contributed by atoms with Crippen molar-refractivity contribution in [1.29, 1.82) is 5.26 Å². The van der Waals surface area contributed by atoms with E-state index in [0.29, 0.717) is 73.7 Å². The van der Waals surface area contributed by atoms with E-state index in [1.807, 2.05) is 162 Å². The Morgan fingerprint density at radius 3 is 1.34 bits per heavy atom. The number of benzene rings is 8. The lowest BCUT2D eigenvalue weighted by atomic mass is 9.95. The standard InChI is InChI=1S/C59H34F6N6/c60-58(61,62)42-26-28-43(48(32-42)59(63,64)65)41-25-27-45-44-23-13-14-24-53(44)71(54(45)31-41)55-46(51-33-49(37-15-5-1-6-16-37)67-56(69-51)39-19-9-3-10-20-39)29-36(35-66)30-47(55)52-34-50(38-17-7-2-8-18-38)68-57(70-52)40-21-11-4-12-22-40/h1-34H. The smallest absolute Gasteiger partial charge is 0.308 e. The summed E-state index contributed by atoms with van der Waals surface area (Å²) in [4.78, 5) is 20.5. The summed E-state index contributed by atoms with van der Waals surface area (Å²) in [6, 6.07) is 61.4. The highest BCUT2D eigenvalue weighted by Crippen LogP contribution is 2.46. The highest BCUT2D eigenvalue weighted by atomic mass is 19.4. The van der Waals surface area contributed by atoms with E-state index < -0.39 is 29.0 Å². The first-order chi connectivity index (χ1) is 34.4. The van der Waals surface area contributed by atoms with Gasteiger partial charge in [0.25, 0.3) is 0 Å². The van der Waals surface area contributed by atoms with Gasteiger partial charge in [-0.2, -0.15) is 31.6 Å². The van der Waals surface area contributed by atoms with E-state index in [1.165, 1.54) is 6.07 Å². The zero-order valence-corrected chi connectivity index (χ0v) is 37.1. The zero-order valence-electron chi connectivity index (χ0n) is 37.1. The predicted octanol–water partition coefficient (Wildman–Crippen LogP) is 15.9. The van der Waals surface area contributed by atoms with Crippen molar-refractivity contribution in [2.75, 3.05) is 0 Å². The molecule has 12 heteroatoms. The van der Waals surface area contributed by atoms with Crippen LogP contribution in [0.2, 0.25) is 0 Å². The van der Waals surface area contributed by atoms with Crippen LogP contribution >= 0.6 is 0 Å². The van der Waals surface area contributed by atoms with E-state index in [4.69, 9.17) is 19.9 Å².